The summed E-state index contributed by atoms with van der Waals surface area (Å²) in [5.74, 6) is 1.80. The van der Waals surface area contributed by atoms with E-state index in [0.29, 0.717) is 0 Å². The molecule has 2 rings (SSSR count). The first kappa shape index (κ1) is 15.3. The fourth-order valence-corrected chi connectivity index (χ4v) is 2.20. The van der Waals surface area contributed by atoms with Gasteiger partial charge in [0.2, 0.25) is 0 Å². The van der Waals surface area contributed by atoms with Crippen LogP contribution in [0.1, 0.15) is 36.8 Å². The van der Waals surface area contributed by atoms with Crippen LogP contribution in [0.5, 0.6) is 0 Å². The second-order valence-corrected chi connectivity index (χ2v) is 3.96. The predicted octanol–water partition coefficient (Wildman–Crippen LogP) is 4.03. The zero-order chi connectivity index (χ0) is 9.26. The van der Waals surface area contributed by atoms with Crippen LogP contribution in [-0.4, -0.2) is 0 Å². The van der Waals surface area contributed by atoms with Crippen molar-refractivity contribution in [2.75, 3.05) is 0 Å². The largest absolute Gasteiger partial charge is 2.00 e. The maximum atomic E-state index is 3.98. The maximum Gasteiger partial charge on any atom is 2.00 e. The van der Waals surface area contributed by atoms with E-state index in [4.69, 9.17) is 0 Å². The maximum absolute atomic E-state index is 3.98. The summed E-state index contributed by atoms with van der Waals surface area (Å²) < 4.78 is 0. The molecule has 1 fully saturated rings. The third-order valence-corrected chi connectivity index (χ3v) is 3.17. The van der Waals surface area contributed by atoms with Crippen LogP contribution in [0.15, 0.2) is 24.3 Å². The summed E-state index contributed by atoms with van der Waals surface area (Å²) >= 11 is 0. The van der Waals surface area contributed by atoms with Gasteiger partial charge in [0, 0.05) is 0 Å². The molecular formula is C14H20U. The van der Waals surface area contributed by atoms with Crippen LogP contribution < -0.4 is 0 Å². The first-order chi connectivity index (χ1) is 6.36. The Balaban J connectivity index is 0.000000980. The monoisotopic (exact) mass is 426 g/mol. The summed E-state index contributed by atoms with van der Waals surface area (Å²) in [7, 11) is 0. The van der Waals surface area contributed by atoms with E-state index >= 15 is 0 Å². The summed E-state index contributed by atoms with van der Waals surface area (Å²) in [6.07, 6.45) is 3.66. The van der Waals surface area contributed by atoms with Gasteiger partial charge in [-0.05, 0) is 23.8 Å². The summed E-state index contributed by atoms with van der Waals surface area (Å²) in [6.45, 7) is 6.27. The molecular weight excluding hydrogens is 406 g/mol. The summed E-state index contributed by atoms with van der Waals surface area (Å²) in [4.78, 5) is 0. The minimum Gasteiger partial charge on any atom is -0.358 e. The van der Waals surface area contributed by atoms with Crippen molar-refractivity contribution < 1.29 is 31.1 Å². The van der Waals surface area contributed by atoms with Crippen molar-refractivity contribution in [2.45, 2.75) is 32.1 Å². The van der Waals surface area contributed by atoms with Gasteiger partial charge in [0.1, 0.15) is 0 Å². The number of rotatable bonds is 3. The molecule has 2 atom stereocenters. The Morgan fingerprint density at radius 2 is 2.00 bits per heavy atom. The van der Waals surface area contributed by atoms with Crippen molar-refractivity contribution in [3.8, 4) is 0 Å². The van der Waals surface area contributed by atoms with Crippen molar-refractivity contribution in [3.63, 3.8) is 0 Å². The molecule has 80 valence electrons. The van der Waals surface area contributed by atoms with Crippen LogP contribution in [0.4, 0.5) is 0 Å². The van der Waals surface area contributed by atoms with Crippen molar-refractivity contribution in [1.29, 1.82) is 0 Å². The van der Waals surface area contributed by atoms with E-state index in [1.807, 2.05) is 0 Å². The van der Waals surface area contributed by atoms with E-state index in [2.05, 4.69) is 38.1 Å². The van der Waals surface area contributed by atoms with Crippen molar-refractivity contribution in [2.24, 2.45) is 5.92 Å². The molecule has 1 heteroatoms. The fourth-order valence-electron chi connectivity index (χ4n) is 2.20. The molecule has 0 aliphatic heterocycles. The molecule has 0 aromatic heterocycles. The zero-order valence-electron chi connectivity index (χ0n) is 9.79. The standard InChI is InChI=1S/C13H17.CH3.U/c1-3-10-7-5-6-8-12(10)13-9-11(13)4-2;;/h5-8,11,13H,1,3-4,9H2,2H3;1H3;/q2*-1;+2/t11-,13+;;/m0../s1. The Labute approximate surface area is 118 Å². The topological polar surface area (TPSA) is 0 Å². The average molecular weight is 426 g/mol. The molecule has 15 heavy (non-hydrogen) atoms. The molecule has 0 N–H and O–H groups in total. The Hall–Kier alpha value is 0.272. The minimum atomic E-state index is 0. The first-order valence-electron chi connectivity index (χ1n) is 5.23. The van der Waals surface area contributed by atoms with E-state index in [1.165, 1.54) is 18.4 Å². The molecule has 1 saturated carbocycles. The predicted molar refractivity (Wildman–Crippen MR) is 63.1 cm³/mol. The smallest absolute Gasteiger partial charge is 0.358 e. The van der Waals surface area contributed by atoms with Gasteiger partial charge in [-0.3, -0.25) is 0 Å². The molecule has 0 heterocycles. The number of benzene rings is 1. The van der Waals surface area contributed by atoms with Gasteiger partial charge in [-0.1, -0.05) is 43.2 Å². The normalized spacial score (nSPS) is 22.5. The van der Waals surface area contributed by atoms with Gasteiger partial charge in [-0.25, -0.2) is 0 Å². The average Bonchev–Trinajstić information content (AvgIpc) is 2.96. The molecule has 0 bridgehead atoms. The second-order valence-electron chi connectivity index (χ2n) is 3.96. The van der Waals surface area contributed by atoms with Crippen LogP contribution >= 0.6 is 0 Å². The summed E-state index contributed by atoms with van der Waals surface area (Å²) in [6, 6.07) is 8.76. The van der Waals surface area contributed by atoms with E-state index in [1.54, 1.807) is 5.56 Å². The van der Waals surface area contributed by atoms with Gasteiger partial charge < -0.3 is 14.4 Å². The number of hydrogen-bond donors (Lipinski definition) is 0. The molecule has 0 nitrogen and oxygen atoms in total. The zero-order valence-corrected chi connectivity index (χ0v) is 14.0. The van der Waals surface area contributed by atoms with Gasteiger partial charge in [-0.15, -0.1) is 0 Å². The van der Waals surface area contributed by atoms with Gasteiger partial charge in [0.25, 0.3) is 0 Å². The molecule has 0 radical (unpaired) electrons. The van der Waals surface area contributed by atoms with Gasteiger partial charge >= 0.3 is 31.1 Å². The van der Waals surface area contributed by atoms with E-state index in [0.717, 1.165) is 18.3 Å². The molecule has 0 spiro atoms. The quantitative estimate of drug-likeness (QED) is 0.641. The Morgan fingerprint density at radius 1 is 1.33 bits per heavy atom. The van der Waals surface area contributed by atoms with Gasteiger partial charge in [0.05, 0.1) is 0 Å². The third kappa shape index (κ3) is 3.37. The molecule has 0 saturated heterocycles. The molecule has 1 aromatic rings. The molecule has 0 amide bonds. The van der Waals surface area contributed by atoms with E-state index in [-0.39, 0.29) is 38.5 Å². The van der Waals surface area contributed by atoms with Crippen LogP contribution in [0.2, 0.25) is 0 Å². The third-order valence-electron chi connectivity index (χ3n) is 3.17. The molecule has 1 aliphatic rings. The molecule has 0 unspecified atom stereocenters. The van der Waals surface area contributed by atoms with Crippen molar-refractivity contribution in [3.05, 3.63) is 49.7 Å². The van der Waals surface area contributed by atoms with E-state index < -0.39 is 0 Å². The van der Waals surface area contributed by atoms with Crippen LogP contribution in [0.25, 0.3) is 0 Å². The van der Waals surface area contributed by atoms with Crippen LogP contribution in [0.3, 0.4) is 0 Å². The van der Waals surface area contributed by atoms with E-state index in [9.17, 15) is 0 Å². The Morgan fingerprint density at radius 3 is 2.53 bits per heavy atom. The SMILES string of the molecule is [CH2-]Cc1ccccc1[C@@H]1C[C@@H]1CC.[CH3-].[U+2]. The Bertz CT molecular complexity index is 293. The van der Waals surface area contributed by atoms with Crippen LogP contribution in [-0.2, 0) is 6.42 Å². The van der Waals surface area contributed by atoms with Crippen molar-refractivity contribution >= 4 is 0 Å². The van der Waals surface area contributed by atoms with Gasteiger partial charge in [0.15, 0.2) is 0 Å². The molecule has 1 aromatic carbocycles. The minimum absolute atomic E-state index is 0. The summed E-state index contributed by atoms with van der Waals surface area (Å²) in [5, 5.41) is 0. The summed E-state index contributed by atoms with van der Waals surface area (Å²) in [5.41, 5.74) is 3.01. The van der Waals surface area contributed by atoms with Crippen molar-refractivity contribution in [1.82, 2.24) is 0 Å². The number of hydrogen-bond acceptors (Lipinski definition) is 0. The first-order valence-corrected chi connectivity index (χ1v) is 5.23. The second kappa shape index (κ2) is 6.77. The fraction of sp³-hybridized carbons (Fsp3) is 0.429. The van der Waals surface area contributed by atoms with Crippen LogP contribution in [0, 0.1) is 51.4 Å². The molecule has 1 aliphatic carbocycles. The van der Waals surface area contributed by atoms with Gasteiger partial charge in [-0.2, -0.15) is 6.42 Å². The Kier molecular flexibility index (Phi) is 6.89.